The van der Waals surface area contributed by atoms with Crippen molar-refractivity contribution in [1.29, 1.82) is 0 Å². The molecule has 10 heteroatoms. The van der Waals surface area contributed by atoms with E-state index in [9.17, 15) is 22.4 Å². The van der Waals surface area contributed by atoms with E-state index >= 15 is 0 Å². The summed E-state index contributed by atoms with van der Waals surface area (Å²) < 4.78 is 60.9. The first kappa shape index (κ1) is 20.3. The number of nitrogens with one attached hydrogen (secondary N) is 2. The Labute approximate surface area is 162 Å². The van der Waals surface area contributed by atoms with Gasteiger partial charge in [-0.2, -0.15) is 20.5 Å². The summed E-state index contributed by atoms with van der Waals surface area (Å²) in [5, 5.41) is 4.96. The number of anilines is 1. The van der Waals surface area contributed by atoms with Gasteiger partial charge in [-0.25, -0.2) is 9.53 Å². The fraction of sp³-hybridized carbons (Fsp3) is 0.278. The molecule has 0 bridgehead atoms. The molecule has 1 aliphatic rings. The van der Waals surface area contributed by atoms with E-state index in [0.29, 0.717) is 12.3 Å². The van der Waals surface area contributed by atoms with Crippen LogP contribution in [0, 0.1) is 0 Å². The summed E-state index contributed by atoms with van der Waals surface area (Å²) in [7, 11) is 0. The Bertz CT molecular complexity index is 837. The van der Waals surface area contributed by atoms with Crippen LogP contribution in [0.4, 0.5) is 28.0 Å². The Morgan fingerprint density at radius 2 is 1.82 bits per heavy atom. The quantitative estimate of drug-likeness (QED) is 0.527. The number of halogens is 4. The van der Waals surface area contributed by atoms with Crippen LogP contribution in [0.5, 0.6) is 5.75 Å². The topological polar surface area (TPSA) is 59.6 Å². The Hall–Kier alpha value is -2.46. The lowest BCUT2D eigenvalue weighted by atomic mass is 10.1. The Morgan fingerprint density at radius 1 is 1.07 bits per heavy atom. The number of carbonyl (C=O) groups is 1. The first-order valence-corrected chi connectivity index (χ1v) is 9.36. The number of benzene rings is 2. The second-order valence-corrected chi connectivity index (χ2v) is 6.92. The summed E-state index contributed by atoms with van der Waals surface area (Å²) in [6.07, 6.45) is -8.68. The molecule has 0 aromatic heterocycles. The van der Waals surface area contributed by atoms with E-state index in [1.165, 1.54) is 11.6 Å². The zero-order valence-corrected chi connectivity index (χ0v) is 15.2. The third kappa shape index (κ3) is 5.29. The summed E-state index contributed by atoms with van der Waals surface area (Å²) in [5.41, 5.74) is 0.266. The van der Waals surface area contributed by atoms with Gasteiger partial charge in [-0.05, 0) is 23.8 Å². The number of alkyl halides is 4. The first-order valence-electron chi connectivity index (χ1n) is 8.21. The maximum absolute atomic E-state index is 13.7. The molecule has 3 rings (SSSR count). The van der Waals surface area contributed by atoms with Crippen molar-refractivity contribution < 1.29 is 31.8 Å². The normalized spacial score (nSPS) is 16.6. The molecule has 0 fully saturated rings. The Balaban J connectivity index is 1.48. The van der Waals surface area contributed by atoms with Gasteiger partial charge in [-0.15, -0.1) is 8.78 Å². The predicted molar refractivity (Wildman–Crippen MR) is 96.6 cm³/mol. The van der Waals surface area contributed by atoms with E-state index in [-0.39, 0.29) is 5.69 Å². The van der Waals surface area contributed by atoms with Crippen molar-refractivity contribution in [2.45, 2.75) is 18.2 Å². The number of amides is 2. The van der Waals surface area contributed by atoms with Gasteiger partial charge in [-0.1, -0.05) is 30.3 Å². The lowest BCUT2D eigenvalue weighted by molar-refractivity contribution is -0.461. The van der Waals surface area contributed by atoms with Crippen molar-refractivity contribution in [3.63, 3.8) is 0 Å². The van der Waals surface area contributed by atoms with Crippen molar-refractivity contribution in [3.8, 4) is 5.75 Å². The molecule has 0 atom stereocenters. The van der Waals surface area contributed by atoms with Crippen LogP contribution in [-0.4, -0.2) is 24.6 Å². The highest BCUT2D eigenvalue weighted by atomic mass is 32.2. The van der Waals surface area contributed by atoms with E-state index < -0.39 is 29.7 Å². The third-order valence-corrected chi connectivity index (χ3v) is 4.70. The molecule has 0 unspecified atom stereocenters. The average Bonchev–Trinajstić information content (AvgIpc) is 2.61. The SMILES string of the molecule is O=C(NCCSCc1ccccc1)Nc1ccc2c(c1)C(F)(F)OC(F)(F)O2. The van der Waals surface area contributed by atoms with E-state index in [0.717, 1.165) is 17.9 Å². The molecule has 0 radical (unpaired) electrons. The van der Waals surface area contributed by atoms with Gasteiger partial charge in [0.2, 0.25) is 0 Å². The maximum Gasteiger partial charge on any atom is 0.540 e. The summed E-state index contributed by atoms with van der Waals surface area (Å²) in [4.78, 5) is 11.9. The van der Waals surface area contributed by atoms with Crippen LogP contribution in [0.3, 0.4) is 0 Å². The number of hydrogen-bond donors (Lipinski definition) is 2. The van der Waals surface area contributed by atoms with Gasteiger partial charge in [0.1, 0.15) is 5.75 Å². The lowest BCUT2D eigenvalue weighted by Crippen LogP contribution is -2.41. The van der Waals surface area contributed by atoms with Gasteiger partial charge in [-0.3, -0.25) is 0 Å². The number of hydrogen-bond acceptors (Lipinski definition) is 4. The van der Waals surface area contributed by atoms with Crippen LogP contribution < -0.4 is 15.4 Å². The summed E-state index contributed by atoms with van der Waals surface area (Å²) in [6.45, 7) is 0.364. The highest BCUT2D eigenvalue weighted by molar-refractivity contribution is 7.98. The molecule has 0 aliphatic carbocycles. The highest BCUT2D eigenvalue weighted by Gasteiger charge is 2.54. The van der Waals surface area contributed by atoms with Gasteiger partial charge in [0.15, 0.2) is 0 Å². The van der Waals surface area contributed by atoms with Crippen LogP contribution >= 0.6 is 11.8 Å². The summed E-state index contributed by atoms with van der Waals surface area (Å²) in [5.74, 6) is 0.736. The summed E-state index contributed by atoms with van der Waals surface area (Å²) in [6, 6.07) is 12.2. The van der Waals surface area contributed by atoms with Crippen molar-refractivity contribution in [1.82, 2.24) is 5.32 Å². The number of thioether (sulfide) groups is 1. The predicted octanol–water partition coefficient (Wildman–Crippen LogP) is 4.75. The van der Waals surface area contributed by atoms with E-state index in [1.807, 2.05) is 30.3 Å². The van der Waals surface area contributed by atoms with Crippen LogP contribution in [0.25, 0.3) is 0 Å². The number of urea groups is 1. The van der Waals surface area contributed by atoms with E-state index in [2.05, 4.69) is 20.1 Å². The molecule has 0 saturated carbocycles. The molecular formula is C18H16F4N2O3S. The highest BCUT2D eigenvalue weighted by Crippen LogP contribution is 2.46. The fourth-order valence-electron chi connectivity index (χ4n) is 2.45. The molecule has 1 heterocycles. The fourth-order valence-corrected chi connectivity index (χ4v) is 3.27. The van der Waals surface area contributed by atoms with Crippen molar-refractivity contribution >= 4 is 23.5 Å². The van der Waals surface area contributed by atoms with Crippen LogP contribution in [0.2, 0.25) is 0 Å². The lowest BCUT2D eigenvalue weighted by Gasteiger charge is -2.30. The van der Waals surface area contributed by atoms with Crippen molar-refractivity contribution in [3.05, 3.63) is 59.7 Å². The monoisotopic (exact) mass is 416 g/mol. The second-order valence-electron chi connectivity index (χ2n) is 5.81. The van der Waals surface area contributed by atoms with Crippen LogP contribution in [0.1, 0.15) is 11.1 Å². The Morgan fingerprint density at radius 3 is 2.57 bits per heavy atom. The number of rotatable bonds is 6. The zero-order chi connectivity index (χ0) is 20.2. The van der Waals surface area contributed by atoms with Gasteiger partial charge in [0, 0.05) is 23.7 Å². The molecule has 150 valence electrons. The van der Waals surface area contributed by atoms with Crippen LogP contribution in [0.15, 0.2) is 48.5 Å². The van der Waals surface area contributed by atoms with Gasteiger partial charge in [0.25, 0.3) is 0 Å². The summed E-state index contributed by atoms with van der Waals surface area (Å²) >= 11 is 1.63. The van der Waals surface area contributed by atoms with Crippen molar-refractivity contribution in [2.75, 3.05) is 17.6 Å². The smallest absolute Gasteiger partial charge is 0.409 e. The molecular weight excluding hydrogens is 400 g/mol. The minimum absolute atomic E-state index is 0.00900. The minimum Gasteiger partial charge on any atom is -0.409 e. The largest absolute Gasteiger partial charge is 0.540 e. The second kappa shape index (κ2) is 8.27. The average molecular weight is 416 g/mol. The standard InChI is InChI=1S/C18H16F4N2O3S/c19-17(20)14-10-13(6-7-15(14)26-18(21,22)27-17)24-16(25)23-8-9-28-11-12-4-2-1-3-5-12/h1-7,10H,8-9,11H2,(H2,23,24,25). The molecule has 2 amide bonds. The minimum atomic E-state index is -4.43. The van der Waals surface area contributed by atoms with Crippen LogP contribution in [-0.2, 0) is 16.6 Å². The molecule has 2 aromatic rings. The Kier molecular flexibility index (Phi) is 5.99. The molecule has 5 nitrogen and oxygen atoms in total. The van der Waals surface area contributed by atoms with Crippen molar-refractivity contribution in [2.24, 2.45) is 0 Å². The van der Waals surface area contributed by atoms with Gasteiger partial charge in [0.05, 0.1) is 5.56 Å². The van der Waals surface area contributed by atoms with E-state index in [4.69, 9.17) is 0 Å². The molecule has 28 heavy (non-hydrogen) atoms. The van der Waals surface area contributed by atoms with E-state index in [1.54, 1.807) is 11.8 Å². The molecule has 0 saturated heterocycles. The van der Waals surface area contributed by atoms with Gasteiger partial charge >= 0.3 is 18.4 Å². The van der Waals surface area contributed by atoms with Gasteiger partial charge < -0.3 is 15.4 Å². The molecule has 1 aliphatic heterocycles. The number of ether oxygens (including phenoxy) is 2. The molecule has 2 N–H and O–H groups in total. The number of fused-ring (bicyclic) bond motifs is 1. The zero-order valence-electron chi connectivity index (χ0n) is 14.4. The third-order valence-electron chi connectivity index (χ3n) is 3.67. The first-order chi connectivity index (χ1) is 13.3. The number of carbonyl (C=O) groups excluding carboxylic acids is 1. The molecule has 0 spiro atoms. The maximum atomic E-state index is 13.7. The molecule has 2 aromatic carbocycles.